The summed E-state index contributed by atoms with van der Waals surface area (Å²) >= 11 is 1.73. The van der Waals surface area contributed by atoms with E-state index in [1.54, 1.807) is 6.26 Å². The highest BCUT2D eigenvalue weighted by Gasteiger charge is 2.25. The van der Waals surface area contributed by atoms with Crippen LogP contribution in [0.15, 0.2) is 4.99 Å². The van der Waals surface area contributed by atoms with E-state index < -0.39 is 40.4 Å². The number of hydrogen-bond donors (Lipinski definition) is 0. The molecule has 0 bridgehead atoms. The number of nitriles is 1. The fraction of sp³-hybridized carbons (Fsp3) is 0.200. The second-order valence-electron chi connectivity index (χ2n) is 3.02. The van der Waals surface area contributed by atoms with Crippen LogP contribution in [0.1, 0.15) is 5.56 Å². The molecule has 0 aliphatic rings. The third kappa shape index (κ3) is 3.39. The monoisotopic (exact) mass is 312 g/mol. The van der Waals surface area contributed by atoms with Crippen LogP contribution in [-0.2, 0) is 5.75 Å². The molecule has 1 aromatic carbocycles. The van der Waals surface area contributed by atoms with Crippen molar-refractivity contribution in [3.05, 3.63) is 34.6 Å². The van der Waals surface area contributed by atoms with Gasteiger partial charge < -0.3 is 0 Å². The Hall–Kier alpha value is -1.27. The Morgan fingerprint density at radius 2 is 1.53 bits per heavy atom. The molecule has 0 fully saturated rings. The summed E-state index contributed by atoms with van der Waals surface area (Å²) in [5, 5.41) is 8.32. The first-order valence-corrected chi connectivity index (χ1v) is 6.78. The third-order valence-electron chi connectivity index (χ3n) is 1.96. The molecule has 9 heteroatoms. The predicted molar refractivity (Wildman–Crippen MR) is 64.1 cm³/mol. The minimum absolute atomic E-state index is 0.159. The number of nitrogens with zero attached hydrogens (tertiary/aromatic N) is 2. The van der Waals surface area contributed by atoms with Crippen LogP contribution < -0.4 is 0 Å². The molecule has 2 nitrogen and oxygen atoms in total. The zero-order chi connectivity index (χ0) is 14.6. The lowest BCUT2D eigenvalue weighted by molar-refractivity contribution is 0.372. The smallest absolute Gasteiger partial charge is 0.203 e. The SMILES string of the molecule is CSC(=NC#N)SCc1c(F)c(F)c(F)c(F)c1F. The predicted octanol–water partition coefficient (Wildman–Crippen LogP) is 3.82. The van der Waals surface area contributed by atoms with E-state index in [9.17, 15) is 22.0 Å². The molecule has 19 heavy (non-hydrogen) atoms. The van der Waals surface area contributed by atoms with Crippen LogP contribution in [0, 0.1) is 40.5 Å². The van der Waals surface area contributed by atoms with Gasteiger partial charge in [0.05, 0.1) is 0 Å². The van der Waals surface area contributed by atoms with E-state index in [2.05, 4.69) is 4.99 Å². The zero-order valence-corrected chi connectivity index (χ0v) is 10.9. The Bertz CT molecular complexity index is 539. The standard InChI is InChI=1S/C10H5F5N2S2/c1-18-10(17-3-16)19-2-4-5(11)7(13)9(15)8(14)6(4)12/h2H2,1H3. The Morgan fingerprint density at radius 1 is 1.05 bits per heavy atom. The first-order chi connectivity index (χ1) is 8.93. The number of halogens is 5. The molecule has 1 aromatic rings. The fourth-order valence-corrected chi connectivity index (χ4v) is 2.50. The number of benzene rings is 1. The molecule has 0 aliphatic heterocycles. The van der Waals surface area contributed by atoms with Crippen LogP contribution in [0.5, 0.6) is 0 Å². The summed E-state index contributed by atoms with van der Waals surface area (Å²) in [6.45, 7) is 0. The summed E-state index contributed by atoms with van der Waals surface area (Å²) in [6.07, 6.45) is 3.02. The van der Waals surface area contributed by atoms with E-state index in [0.717, 1.165) is 11.8 Å². The van der Waals surface area contributed by atoms with Crippen LogP contribution in [0.4, 0.5) is 22.0 Å². The van der Waals surface area contributed by atoms with Crippen LogP contribution >= 0.6 is 23.5 Å². The molecule has 0 heterocycles. The molecule has 0 radical (unpaired) electrons. The molecule has 102 valence electrons. The van der Waals surface area contributed by atoms with Crippen molar-refractivity contribution in [1.82, 2.24) is 0 Å². The maximum atomic E-state index is 13.3. The molecular formula is C10H5F5N2S2. The van der Waals surface area contributed by atoms with Crippen LogP contribution in [0.3, 0.4) is 0 Å². The minimum Gasteiger partial charge on any atom is -0.203 e. The molecule has 1 rings (SSSR count). The number of aliphatic imine (C=N–C) groups is 1. The number of rotatable bonds is 2. The van der Waals surface area contributed by atoms with Crippen molar-refractivity contribution in [3.8, 4) is 6.19 Å². The van der Waals surface area contributed by atoms with Gasteiger partial charge in [-0.2, -0.15) is 10.3 Å². The van der Waals surface area contributed by atoms with Gasteiger partial charge in [-0.25, -0.2) is 22.0 Å². The Labute approximate surface area is 113 Å². The topological polar surface area (TPSA) is 36.1 Å². The van der Waals surface area contributed by atoms with Gasteiger partial charge in [0.25, 0.3) is 0 Å². The summed E-state index contributed by atoms with van der Waals surface area (Å²) < 4.78 is 65.3. The Kier molecular flexibility index (Phi) is 5.62. The Morgan fingerprint density at radius 3 is 1.95 bits per heavy atom. The van der Waals surface area contributed by atoms with E-state index in [4.69, 9.17) is 5.26 Å². The van der Waals surface area contributed by atoms with Gasteiger partial charge in [0.1, 0.15) is 4.38 Å². The normalized spacial score (nSPS) is 11.5. The van der Waals surface area contributed by atoms with E-state index in [1.165, 1.54) is 6.19 Å². The summed E-state index contributed by atoms with van der Waals surface area (Å²) in [5.74, 6) is -10.4. The van der Waals surface area contributed by atoms with Gasteiger partial charge in [-0.1, -0.05) is 11.8 Å². The van der Waals surface area contributed by atoms with Crippen LogP contribution in [-0.4, -0.2) is 10.6 Å². The Balaban J connectivity index is 3.10. The van der Waals surface area contributed by atoms with E-state index in [1.807, 2.05) is 0 Å². The first kappa shape index (κ1) is 15.8. The lowest BCUT2D eigenvalue weighted by Gasteiger charge is -2.07. The molecular weight excluding hydrogens is 307 g/mol. The van der Waals surface area contributed by atoms with Gasteiger partial charge in [-0.05, 0) is 6.26 Å². The fourth-order valence-electron chi connectivity index (χ4n) is 1.09. The zero-order valence-electron chi connectivity index (χ0n) is 9.31. The van der Waals surface area contributed by atoms with E-state index >= 15 is 0 Å². The highest BCUT2D eigenvalue weighted by molar-refractivity contribution is 8.38. The quantitative estimate of drug-likeness (QED) is 0.208. The second kappa shape index (κ2) is 6.77. The highest BCUT2D eigenvalue weighted by Crippen LogP contribution is 2.28. The third-order valence-corrected chi connectivity index (χ3v) is 4.02. The van der Waals surface area contributed by atoms with Crippen molar-refractivity contribution < 1.29 is 22.0 Å². The summed E-state index contributed by atoms with van der Waals surface area (Å²) in [6, 6.07) is 0. The molecule has 0 amide bonds. The maximum absolute atomic E-state index is 13.3. The lowest BCUT2D eigenvalue weighted by Crippen LogP contribution is -2.06. The first-order valence-electron chi connectivity index (χ1n) is 4.57. The number of thioether (sulfide) groups is 2. The molecule has 0 saturated heterocycles. The van der Waals surface area contributed by atoms with Gasteiger partial charge >= 0.3 is 0 Å². The van der Waals surface area contributed by atoms with Gasteiger partial charge in [0.15, 0.2) is 23.3 Å². The van der Waals surface area contributed by atoms with Crippen molar-refractivity contribution in [3.63, 3.8) is 0 Å². The van der Waals surface area contributed by atoms with Crippen LogP contribution in [0.2, 0.25) is 0 Å². The van der Waals surface area contributed by atoms with Gasteiger partial charge in [0, 0.05) is 11.3 Å². The lowest BCUT2D eigenvalue weighted by atomic mass is 10.2. The highest BCUT2D eigenvalue weighted by atomic mass is 32.2. The van der Waals surface area contributed by atoms with Gasteiger partial charge in [-0.3, -0.25) is 0 Å². The average Bonchev–Trinajstić information content (AvgIpc) is 2.41. The second-order valence-corrected chi connectivity index (χ2v) is 5.04. The van der Waals surface area contributed by atoms with Crippen molar-refractivity contribution >= 4 is 27.9 Å². The van der Waals surface area contributed by atoms with E-state index in [-0.39, 0.29) is 4.38 Å². The summed E-state index contributed by atoms with van der Waals surface area (Å²) in [5.41, 5.74) is -0.943. The van der Waals surface area contributed by atoms with Crippen LogP contribution in [0.25, 0.3) is 0 Å². The minimum atomic E-state index is -2.19. The van der Waals surface area contributed by atoms with Gasteiger partial charge in [-0.15, -0.1) is 11.8 Å². The summed E-state index contributed by atoms with van der Waals surface area (Å²) in [4.78, 5) is 3.32. The molecule has 0 spiro atoms. The largest absolute Gasteiger partial charge is 0.207 e. The van der Waals surface area contributed by atoms with Crippen molar-refractivity contribution in [2.24, 2.45) is 4.99 Å². The van der Waals surface area contributed by atoms with Crippen molar-refractivity contribution in [2.75, 3.05) is 6.26 Å². The molecule has 0 saturated carbocycles. The molecule has 0 aromatic heterocycles. The summed E-state index contributed by atoms with van der Waals surface area (Å²) in [7, 11) is 0. The van der Waals surface area contributed by atoms with Gasteiger partial charge in [0.2, 0.25) is 12.0 Å². The van der Waals surface area contributed by atoms with E-state index in [0.29, 0.717) is 11.8 Å². The number of hydrogen-bond acceptors (Lipinski definition) is 4. The molecule has 0 unspecified atom stereocenters. The van der Waals surface area contributed by atoms with Crippen molar-refractivity contribution in [1.29, 1.82) is 5.26 Å². The average molecular weight is 312 g/mol. The molecule has 0 aliphatic carbocycles. The van der Waals surface area contributed by atoms with Crippen molar-refractivity contribution in [2.45, 2.75) is 5.75 Å². The molecule has 0 atom stereocenters. The molecule has 0 N–H and O–H groups in total. The maximum Gasteiger partial charge on any atom is 0.207 e.